The highest BCUT2D eigenvalue weighted by Gasteiger charge is 2.11. The Labute approximate surface area is 113 Å². The van der Waals surface area contributed by atoms with E-state index in [-0.39, 0.29) is 5.84 Å². The van der Waals surface area contributed by atoms with Crippen LogP contribution < -0.4 is 16.7 Å². The third kappa shape index (κ3) is 4.61. The maximum atomic E-state index is 10.9. The molecule has 2 atom stereocenters. The zero-order valence-corrected chi connectivity index (χ0v) is 11.6. The molecule has 0 amide bonds. The summed E-state index contributed by atoms with van der Waals surface area (Å²) < 4.78 is 15.9. The van der Waals surface area contributed by atoms with E-state index in [1.54, 1.807) is 31.2 Å². The number of anilines is 1. The molecule has 0 bridgehead atoms. The second-order valence-electron chi connectivity index (χ2n) is 3.49. The van der Waals surface area contributed by atoms with Crippen LogP contribution in [0.3, 0.4) is 0 Å². The Morgan fingerprint density at radius 3 is 2.83 bits per heavy atom. The third-order valence-electron chi connectivity index (χ3n) is 1.99. The monoisotopic (exact) mass is 290 g/mol. The molecule has 1 rings (SSSR count). The van der Waals surface area contributed by atoms with Crippen molar-refractivity contribution in [1.29, 1.82) is 0 Å². The van der Waals surface area contributed by atoms with Crippen LogP contribution in [-0.4, -0.2) is 22.4 Å². The first-order valence-electron chi connectivity index (χ1n) is 5.05. The SMILES string of the molecule is C[C@H](OS(C)=O)/C(N)=N/N(N)c1cccc(Cl)c1. The fraction of sp³-hybridized carbons (Fsp3) is 0.300. The quantitative estimate of drug-likeness (QED) is 0.365. The Kier molecular flexibility index (Phi) is 5.54. The first-order chi connectivity index (χ1) is 8.40. The van der Waals surface area contributed by atoms with E-state index in [1.165, 1.54) is 6.26 Å². The molecule has 0 aromatic heterocycles. The van der Waals surface area contributed by atoms with Gasteiger partial charge in [-0.25, -0.2) is 10.1 Å². The van der Waals surface area contributed by atoms with Gasteiger partial charge in [0.2, 0.25) is 0 Å². The fourth-order valence-corrected chi connectivity index (χ4v) is 1.82. The highest BCUT2D eigenvalue weighted by Crippen LogP contribution is 2.17. The lowest BCUT2D eigenvalue weighted by Crippen LogP contribution is -2.35. The molecule has 0 radical (unpaired) electrons. The van der Waals surface area contributed by atoms with E-state index >= 15 is 0 Å². The van der Waals surface area contributed by atoms with E-state index < -0.39 is 17.2 Å². The van der Waals surface area contributed by atoms with Gasteiger partial charge in [-0.2, -0.15) is 5.12 Å². The van der Waals surface area contributed by atoms with E-state index in [1.807, 2.05) is 0 Å². The standard InChI is InChI=1S/C10H15ClN4O2S/c1-7(17-18(2)16)10(12)14-15(13)9-5-3-4-8(11)6-9/h3-7H,13H2,1-2H3,(H2,12,14)/t7-,18?/m0/s1. The second-order valence-corrected chi connectivity index (χ2v) is 4.92. The molecular weight excluding hydrogens is 276 g/mol. The van der Waals surface area contributed by atoms with E-state index in [9.17, 15) is 4.21 Å². The van der Waals surface area contributed by atoms with Gasteiger partial charge >= 0.3 is 0 Å². The number of rotatable bonds is 5. The van der Waals surface area contributed by atoms with Crippen molar-refractivity contribution in [2.24, 2.45) is 16.7 Å². The van der Waals surface area contributed by atoms with Crippen LogP contribution in [0, 0.1) is 0 Å². The average molecular weight is 291 g/mol. The summed E-state index contributed by atoms with van der Waals surface area (Å²) in [5.41, 5.74) is 6.26. The lowest BCUT2D eigenvalue weighted by Gasteiger charge is -2.16. The molecule has 6 nitrogen and oxygen atoms in total. The smallest absolute Gasteiger partial charge is 0.152 e. The summed E-state index contributed by atoms with van der Waals surface area (Å²) in [6.45, 7) is 1.63. The summed E-state index contributed by atoms with van der Waals surface area (Å²) in [6, 6.07) is 6.83. The van der Waals surface area contributed by atoms with Crippen molar-refractivity contribution in [3.05, 3.63) is 29.3 Å². The molecule has 1 aromatic rings. The van der Waals surface area contributed by atoms with Gasteiger partial charge in [0.05, 0.1) is 5.69 Å². The number of hydrogen-bond acceptors (Lipinski definition) is 5. The van der Waals surface area contributed by atoms with Gasteiger partial charge in [-0.1, -0.05) is 17.7 Å². The van der Waals surface area contributed by atoms with E-state index in [0.717, 1.165) is 5.12 Å². The second kappa shape index (κ2) is 6.69. The molecule has 0 aliphatic carbocycles. The summed E-state index contributed by atoms with van der Waals surface area (Å²) in [7, 11) is 0. The van der Waals surface area contributed by atoms with Crippen molar-refractivity contribution < 1.29 is 8.39 Å². The molecule has 0 heterocycles. The van der Waals surface area contributed by atoms with Gasteiger partial charge in [-0.3, -0.25) is 4.18 Å². The first-order valence-corrected chi connectivity index (χ1v) is 6.91. The average Bonchev–Trinajstić information content (AvgIpc) is 2.27. The van der Waals surface area contributed by atoms with Gasteiger partial charge in [0, 0.05) is 11.3 Å². The zero-order chi connectivity index (χ0) is 13.7. The molecule has 0 saturated carbocycles. The largest absolute Gasteiger partial charge is 0.383 e. The highest BCUT2D eigenvalue weighted by molar-refractivity contribution is 7.79. The fourth-order valence-electron chi connectivity index (χ4n) is 1.13. The molecule has 1 unspecified atom stereocenters. The number of hydrazine groups is 1. The van der Waals surface area contributed by atoms with Crippen LogP contribution in [0.4, 0.5) is 5.69 Å². The molecular formula is C10H15ClN4O2S. The van der Waals surface area contributed by atoms with Crippen LogP contribution >= 0.6 is 11.6 Å². The Balaban J connectivity index is 2.78. The van der Waals surface area contributed by atoms with Crippen LogP contribution in [0.25, 0.3) is 0 Å². The molecule has 4 N–H and O–H groups in total. The molecule has 1 aromatic carbocycles. The minimum Gasteiger partial charge on any atom is -0.383 e. The van der Waals surface area contributed by atoms with Gasteiger partial charge in [0.15, 0.2) is 16.9 Å². The van der Waals surface area contributed by atoms with E-state index in [4.69, 9.17) is 27.4 Å². The Hall–Kier alpha value is -1.15. The summed E-state index contributed by atoms with van der Waals surface area (Å²) in [6.07, 6.45) is 0.807. The predicted octanol–water partition coefficient (Wildman–Crippen LogP) is 0.991. The topological polar surface area (TPSA) is 93.9 Å². The molecule has 8 heteroatoms. The Morgan fingerprint density at radius 1 is 1.61 bits per heavy atom. The molecule has 0 spiro atoms. The maximum absolute atomic E-state index is 10.9. The summed E-state index contributed by atoms with van der Waals surface area (Å²) in [5.74, 6) is 5.83. The Morgan fingerprint density at radius 2 is 2.28 bits per heavy atom. The van der Waals surface area contributed by atoms with Crippen molar-refractivity contribution >= 4 is 34.2 Å². The van der Waals surface area contributed by atoms with Crippen molar-refractivity contribution in [1.82, 2.24) is 0 Å². The van der Waals surface area contributed by atoms with Gasteiger partial charge in [-0.15, -0.1) is 5.10 Å². The van der Waals surface area contributed by atoms with Crippen LogP contribution in [0.5, 0.6) is 0 Å². The molecule has 100 valence electrons. The number of hydrogen-bond donors (Lipinski definition) is 2. The lowest BCUT2D eigenvalue weighted by molar-refractivity contribution is 0.317. The normalized spacial score (nSPS) is 15.2. The van der Waals surface area contributed by atoms with Crippen molar-refractivity contribution in [3.63, 3.8) is 0 Å². The number of amidine groups is 1. The van der Waals surface area contributed by atoms with Crippen molar-refractivity contribution in [3.8, 4) is 0 Å². The zero-order valence-electron chi connectivity index (χ0n) is 10.0. The predicted molar refractivity (Wildman–Crippen MR) is 74.4 cm³/mol. The highest BCUT2D eigenvalue weighted by atomic mass is 35.5. The van der Waals surface area contributed by atoms with Crippen molar-refractivity contribution in [2.75, 3.05) is 11.4 Å². The molecule has 0 saturated heterocycles. The number of benzene rings is 1. The Bertz CT molecular complexity index is 469. The molecule has 18 heavy (non-hydrogen) atoms. The van der Waals surface area contributed by atoms with Gasteiger partial charge in [0.25, 0.3) is 0 Å². The molecule has 0 aliphatic rings. The number of hydrazone groups is 1. The molecule has 0 fully saturated rings. The van der Waals surface area contributed by atoms with E-state index in [2.05, 4.69) is 5.10 Å². The number of nitrogens with two attached hydrogens (primary N) is 2. The third-order valence-corrected chi connectivity index (χ3v) is 2.79. The minimum absolute atomic E-state index is 0.118. The summed E-state index contributed by atoms with van der Waals surface area (Å²) >= 11 is 4.41. The van der Waals surface area contributed by atoms with Gasteiger partial charge < -0.3 is 5.73 Å². The first kappa shape index (κ1) is 14.9. The lowest BCUT2D eigenvalue weighted by atomic mass is 10.3. The van der Waals surface area contributed by atoms with Crippen LogP contribution in [-0.2, 0) is 15.3 Å². The van der Waals surface area contributed by atoms with E-state index in [0.29, 0.717) is 10.7 Å². The number of halogens is 1. The van der Waals surface area contributed by atoms with Crippen LogP contribution in [0.2, 0.25) is 5.02 Å². The minimum atomic E-state index is -1.42. The van der Waals surface area contributed by atoms with Gasteiger partial charge in [-0.05, 0) is 25.1 Å². The number of nitrogens with zero attached hydrogens (tertiary/aromatic N) is 2. The maximum Gasteiger partial charge on any atom is 0.152 e. The summed E-state index contributed by atoms with van der Waals surface area (Å²) in [5, 5.41) is 5.55. The summed E-state index contributed by atoms with van der Waals surface area (Å²) in [4.78, 5) is 0. The van der Waals surface area contributed by atoms with Crippen LogP contribution in [0.1, 0.15) is 6.92 Å². The van der Waals surface area contributed by atoms with Crippen LogP contribution in [0.15, 0.2) is 29.4 Å². The van der Waals surface area contributed by atoms with Gasteiger partial charge in [0.1, 0.15) is 6.10 Å². The molecule has 0 aliphatic heterocycles. The van der Waals surface area contributed by atoms with Crippen molar-refractivity contribution in [2.45, 2.75) is 13.0 Å².